The van der Waals surface area contributed by atoms with E-state index in [0.29, 0.717) is 22.4 Å². The van der Waals surface area contributed by atoms with Crippen molar-refractivity contribution in [2.45, 2.75) is 0 Å². The van der Waals surface area contributed by atoms with Crippen LogP contribution in [0.15, 0.2) is 65.5 Å². The average Bonchev–Trinajstić information content (AvgIpc) is 2.79. The lowest BCUT2D eigenvalue weighted by Gasteiger charge is -2.13. The normalized spacial score (nSPS) is 11.2. The van der Waals surface area contributed by atoms with Gasteiger partial charge in [-0.1, -0.05) is 29.8 Å². The summed E-state index contributed by atoms with van der Waals surface area (Å²) < 4.78 is 7.43. The minimum Gasteiger partial charge on any atom is -0.497 e. The second-order valence-corrected chi connectivity index (χ2v) is 8.42. The van der Waals surface area contributed by atoms with Gasteiger partial charge in [-0.15, -0.1) is 0 Å². The van der Waals surface area contributed by atoms with E-state index in [1.807, 2.05) is 36.4 Å². The zero-order valence-corrected chi connectivity index (χ0v) is 19.6. The maximum Gasteiger partial charge on any atom is 0.271 e. The van der Waals surface area contributed by atoms with Crippen LogP contribution in [0.4, 0.5) is 5.69 Å². The van der Waals surface area contributed by atoms with Gasteiger partial charge in [-0.2, -0.15) is 0 Å². The molecule has 0 bridgehead atoms. The zero-order valence-electron chi connectivity index (χ0n) is 16.7. The van der Waals surface area contributed by atoms with Crippen LogP contribution < -0.4 is 10.3 Å². The molecule has 9 heteroatoms. The third-order valence-electron chi connectivity index (χ3n) is 4.78. The maximum atomic E-state index is 13.4. The average molecular weight is 560 g/mol. The molecule has 32 heavy (non-hydrogen) atoms. The molecule has 0 unspecified atom stereocenters. The Hall–Kier alpha value is -3.24. The Morgan fingerprint density at radius 2 is 1.84 bits per heavy atom. The van der Waals surface area contributed by atoms with Gasteiger partial charge in [-0.25, -0.2) is 4.98 Å². The lowest BCUT2D eigenvalue weighted by Crippen LogP contribution is -2.22. The number of aromatic nitrogens is 2. The van der Waals surface area contributed by atoms with E-state index in [4.69, 9.17) is 16.3 Å². The van der Waals surface area contributed by atoms with E-state index in [2.05, 4.69) is 27.6 Å². The molecule has 0 amide bonds. The number of rotatable bonds is 5. The first-order valence-corrected chi connectivity index (χ1v) is 10.8. The van der Waals surface area contributed by atoms with Crippen molar-refractivity contribution >= 4 is 62.9 Å². The number of nitro groups is 1. The molecule has 0 atom stereocenters. The molecule has 0 saturated heterocycles. The minimum atomic E-state index is -0.538. The molecule has 0 aliphatic carbocycles. The summed E-state index contributed by atoms with van der Waals surface area (Å²) in [6.45, 7) is 0. The van der Waals surface area contributed by atoms with Crippen molar-refractivity contribution in [2.24, 2.45) is 0 Å². The summed E-state index contributed by atoms with van der Waals surface area (Å²) in [7, 11) is 1.59. The molecule has 0 radical (unpaired) electrons. The van der Waals surface area contributed by atoms with Crippen molar-refractivity contribution in [3.63, 3.8) is 0 Å². The summed E-state index contributed by atoms with van der Waals surface area (Å²) in [5, 5.41) is 11.6. The molecule has 160 valence electrons. The van der Waals surface area contributed by atoms with Gasteiger partial charge in [-0.05, 0) is 70.6 Å². The first-order valence-electron chi connectivity index (χ1n) is 9.36. The second kappa shape index (κ2) is 9.09. The van der Waals surface area contributed by atoms with E-state index < -0.39 is 4.92 Å². The highest BCUT2D eigenvalue weighted by Gasteiger charge is 2.16. The van der Waals surface area contributed by atoms with Crippen molar-refractivity contribution in [3.8, 4) is 11.4 Å². The van der Waals surface area contributed by atoms with Crippen molar-refractivity contribution in [1.29, 1.82) is 0 Å². The van der Waals surface area contributed by atoms with Crippen LogP contribution in [0.5, 0.6) is 5.75 Å². The maximum absolute atomic E-state index is 13.4. The zero-order chi connectivity index (χ0) is 22.8. The topological polar surface area (TPSA) is 87.3 Å². The fourth-order valence-corrected chi connectivity index (χ4v) is 3.95. The Labute approximate surface area is 201 Å². The van der Waals surface area contributed by atoms with E-state index in [1.54, 1.807) is 25.3 Å². The lowest BCUT2D eigenvalue weighted by atomic mass is 10.2. The first kappa shape index (κ1) is 22.0. The highest BCUT2D eigenvalue weighted by molar-refractivity contribution is 14.1. The summed E-state index contributed by atoms with van der Waals surface area (Å²) in [5.41, 5.74) is 1.25. The molecule has 0 aliphatic heterocycles. The van der Waals surface area contributed by atoms with Crippen molar-refractivity contribution in [1.82, 2.24) is 9.55 Å². The number of benzene rings is 3. The number of ether oxygens (including phenoxy) is 1. The van der Waals surface area contributed by atoms with Gasteiger partial charge >= 0.3 is 0 Å². The predicted octanol–water partition coefficient (Wildman–Crippen LogP) is 5.73. The van der Waals surface area contributed by atoms with Gasteiger partial charge in [-0.3, -0.25) is 19.5 Å². The number of nitro benzene ring substituents is 1. The van der Waals surface area contributed by atoms with Gasteiger partial charge in [0.15, 0.2) is 0 Å². The molecule has 1 aromatic heterocycles. The van der Waals surface area contributed by atoms with E-state index in [-0.39, 0.29) is 16.3 Å². The molecule has 0 N–H and O–H groups in total. The van der Waals surface area contributed by atoms with Crippen LogP contribution >= 0.6 is 34.2 Å². The highest BCUT2D eigenvalue weighted by Crippen LogP contribution is 2.27. The molecule has 7 nitrogen and oxygen atoms in total. The molecular formula is C23H15ClIN3O4. The summed E-state index contributed by atoms with van der Waals surface area (Å²) in [5.74, 6) is 1.07. The summed E-state index contributed by atoms with van der Waals surface area (Å²) in [4.78, 5) is 28.7. The summed E-state index contributed by atoms with van der Waals surface area (Å²) >= 11 is 8.48. The third-order valence-corrected chi connectivity index (χ3v) is 5.75. The number of non-ortho nitro benzene ring substituents is 1. The molecule has 4 rings (SSSR count). The molecule has 1 heterocycles. The third kappa shape index (κ3) is 4.37. The fourth-order valence-electron chi connectivity index (χ4n) is 3.20. The Bertz CT molecular complexity index is 1430. The van der Waals surface area contributed by atoms with Crippen LogP contribution in [0.1, 0.15) is 11.4 Å². The Balaban J connectivity index is 1.93. The largest absolute Gasteiger partial charge is 0.497 e. The molecule has 4 aromatic rings. The standard InChI is InChI=1S/C23H15ClIN3O4/c1-32-17-7-2-14(3-8-17)4-11-22-26-20-9-5-15(25)12-18(20)23(29)27(22)21-10-6-16(28(30)31)13-19(21)24/h2-13H,1H3/b11-4+. The van der Waals surface area contributed by atoms with Crippen molar-refractivity contribution in [3.05, 3.63) is 101 Å². The van der Waals surface area contributed by atoms with E-state index in [0.717, 1.165) is 14.9 Å². The van der Waals surface area contributed by atoms with E-state index in [9.17, 15) is 14.9 Å². The van der Waals surface area contributed by atoms with Crippen LogP contribution in [0, 0.1) is 13.7 Å². The predicted molar refractivity (Wildman–Crippen MR) is 134 cm³/mol. The number of methoxy groups -OCH3 is 1. The van der Waals surface area contributed by atoms with E-state index in [1.165, 1.54) is 22.8 Å². The Morgan fingerprint density at radius 3 is 2.50 bits per heavy atom. The molecule has 0 aliphatic rings. The fraction of sp³-hybridized carbons (Fsp3) is 0.0435. The van der Waals surface area contributed by atoms with Crippen molar-refractivity contribution in [2.75, 3.05) is 7.11 Å². The smallest absolute Gasteiger partial charge is 0.271 e. The van der Waals surface area contributed by atoms with Gasteiger partial charge in [0.2, 0.25) is 0 Å². The summed E-state index contributed by atoms with van der Waals surface area (Å²) in [6, 6.07) is 16.8. The summed E-state index contributed by atoms with van der Waals surface area (Å²) in [6.07, 6.45) is 3.52. The van der Waals surface area contributed by atoms with Crippen LogP contribution in [0.25, 0.3) is 28.7 Å². The Kier molecular flexibility index (Phi) is 6.24. The molecular weight excluding hydrogens is 545 g/mol. The number of halogens is 2. The Morgan fingerprint density at radius 1 is 1.09 bits per heavy atom. The van der Waals surface area contributed by atoms with Gasteiger partial charge in [0.25, 0.3) is 11.2 Å². The SMILES string of the molecule is COc1ccc(/C=C/c2nc3ccc(I)cc3c(=O)n2-c2ccc([N+](=O)[O-])cc2Cl)cc1. The van der Waals surface area contributed by atoms with Gasteiger partial charge in [0, 0.05) is 15.7 Å². The highest BCUT2D eigenvalue weighted by atomic mass is 127. The van der Waals surface area contributed by atoms with Gasteiger partial charge in [0.1, 0.15) is 11.6 Å². The lowest BCUT2D eigenvalue weighted by molar-refractivity contribution is -0.384. The van der Waals surface area contributed by atoms with Crippen LogP contribution in [0.2, 0.25) is 5.02 Å². The quantitative estimate of drug-likeness (QED) is 0.177. The van der Waals surface area contributed by atoms with Gasteiger partial charge in [0.05, 0.1) is 33.6 Å². The monoisotopic (exact) mass is 559 g/mol. The van der Waals surface area contributed by atoms with Crippen LogP contribution in [-0.4, -0.2) is 21.6 Å². The molecule has 3 aromatic carbocycles. The molecule has 0 fully saturated rings. The molecule has 0 saturated carbocycles. The van der Waals surface area contributed by atoms with Crippen LogP contribution in [0.3, 0.4) is 0 Å². The minimum absolute atomic E-state index is 0.0761. The number of hydrogen-bond donors (Lipinski definition) is 0. The first-order chi connectivity index (χ1) is 15.4. The number of hydrogen-bond acceptors (Lipinski definition) is 5. The van der Waals surface area contributed by atoms with Gasteiger partial charge < -0.3 is 4.74 Å². The van der Waals surface area contributed by atoms with E-state index >= 15 is 0 Å². The van der Waals surface area contributed by atoms with Crippen molar-refractivity contribution < 1.29 is 9.66 Å². The second-order valence-electron chi connectivity index (χ2n) is 6.77. The molecule has 0 spiro atoms. The number of nitrogens with zero attached hydrogens (tertiary/aromatic N) is 3. The number of fused-ring (bicyclic) bond motifs is 1. The van der Waals surface area contributed by atoms with Crippen LogP contribution in [-0.2, 0) is 0 Å².